The zero-order valence-electron chi connectivity index (χ0n) is 18.3. The van der Waals surface area contributed by atoms with Crippen molar-refractivity contribution in [3.8, 4) is 34.6 Å². The summed E-state index contributed by atoms with van der Waals surface area (Å²) >= 11 is 1.34. The smallest absolute Gasteiger partial charge is 0.422 e. The molecule has 1 aromatic carbocycles. The highest BCUT2D eigenvalue weighted by Gasteiger charge is 2.29. The van der Waals surface area contributed by atoms with E-state index < -0.39 is 12.8 Å². The zero-order chi connectivity index (χ0) is 24.3. The predicted molar refractivity (Wildman–Crippen MR) is 122 cm³/mol. The Labute approximate surface area is 196 Å². The first-order valence-corrected chi connectivity index (χ1v) is 11.0. The first kappa shape index (κ1) is 23.4. The summed E-state index contributed by atoms with van der Waals surface area (Å²) in [5.41, 5.74) is 1.37. The summed E-state index contributed by atoms with van der Waals surface area (Å²) in [6, 6.07) is 9.70. The van der Waals surface area contributed by atoms with Crippen LogP contribution in [-0.2, 0) is 0 Å². The molecular formula is C21H19F3N6O3S. The molecule has 1 N–H and O–H groups in total. The van der Waals surface area contributed by atoms with Crippen LogP contribution in [0, 0.1) is 0 Å². The van der Waals surface area contributed by atoms with Gasteiger partial charge in [-0.3, -0.25) is 4.57 Å². The highest BCUT2D eigenvalue weighted by molar-refractivity contribution is 7.99. The molecule has 178 valence electrons. The Balaban J connectivity index is 1.96. The number of para-hydroxylation sites is 1. The number of aromatic nitrogens is 5. The van der Waals surface area contributed by atoms with Crippen molar-refractivity contribution in [2.45, 2.75) is 6.18 Å². The lowest BCUT2D eigenvalue weighted by atomic mass is 10.2. The lowest BCUT2D eigenvalue weighted by Crippen LogP contribution is -2.19. The van der Waals surface area contributed by atoms with Gasteiger partial charge in [-0.05, 0) is 18.2 Å². The summed E-state index contributed by atoms with van der Waals surface area (Å²) < 4.78 is 58.5. The normalized spacial score (nSPS) is 11.5. The fraction of sp³-hybridized carbons (Fsp3) is 0.238. The number of anilines is 1. The lowest BCUT2D eigenvalue weighted by molar-refractivity contribution is -0.154. The molecule has 0 spiro atoms. The lowest BCUT2D eigenvalue weighted by Gasteiger charge is -2.16. The maximum atomic E-state index is 12.6. The number of nitrogens with one attached hydrogen (secondary N) is 1. The highest BCUT2D eigenvalue weighted by atomic mass is 32.2. The summed E-state index contributed by atoms with van der Waals surface area (Å²) in [6.07, 6.45) is -1.13. The van der Waals surface area contributed by atoms with E-state index in [0.717, 1.165) is 0 Å². The predicted octanol–water partition coefficient (Wildman–Crippen LogP) is 4.53. The SMILES string of the molecule is COc1cccc(OC)c1-n1c(-c2cccc(OCC(F)(F)F)n2)nc2ncc(NSC)nc21. The van der Waals surface area contributed by atoms with Crippen LogP contribution < -0.4 is 18.9 Å². The second kappa shape index (κ2) is 9.63. The van der Waals surface area contributed by atoms with Gasteiger partial charge in [-0.25, -0.2) is 19.9 Å². The van der Waals surface area contributed by atoms with Crippen LogP contribution in [0.1, 0.15) is 0 Å². The van der Waals surface area contributed by atoms with Crippen LogP contribution in [0.3, 0.4) is 0 Å². The molecule has 0 saturated carbocycles. The van der Waals surface area contributed by atoms with Gasteiger partial charge in [0.25, 0.3) is 0 Å². The van der Waals surface area contributed by atoms with Crippen molar-refractivity contribution in [1.82, 2.24) is 24.5 Å². The molecule has 4 rings (SSSR count). The molecule has 0 fully saturated rings. The Morgan fingerprint density at radius 2 is 1.71 bits per heavy atom. The topological polar surface area (TPSA) is 96.2 Å². The van der Waals surface area contributed by atoms with Crippen LogP contribution in [-0.4, -0.2) is 57.8 Å². The maximum Gasteiger partial charge on any atom is 0.422 e. The molecule has 0 aliphatic rings. The molecule has 0 aliphatic carbocycles. The molecule has 0 aliphatic heterocycles. The number of methoxy groups -OCH3 is 2. The van der Waals surface area contributed by atoms with Gasteiger partial charge in [-0.15, -0.1) is 0 Å². The number of benzene rings is 1. The molecule has 0 saturated heterocycles. The molecule has 34 heavy (non-hydrogen) atoms. The Kier molecular flexibility index (Phi) is 6.63. The van der Waals surface area contributed by atoms with Gasteiger partial charge < -0.3 is 18.9 Å². The fourth-order valence-corrected chi connectivity index (χ4v) is 3.52. The van der Waals surface area contributed by atoms with E-state index in [1.165, 1.54) is 44.5 Å². The molecule has 13 heteroatoms. The van der Waals surface area contributed by atoms with E-state index in [0.29, 0.717) is 28.7 Å². The number of alkyl halides is 3. The van der Waals surface area contributed by atoms with Crippen molar-refractivity contribution in [1.29, 1.82) is 0 Å². The maximum absolute atomic E-state index is 12.6. The minimum Gasteiger partial charge on any atom is -0.494 e. The fourth-order valence-electron chi connectivity index (χ4n) is 3.22. The second-order valence-electron chi connectivity index (χ2n) is 6.76. The molecule has 9 nitrogen and oxygen atoms in total. The van der Waals surface area contributed by atoms with E-state index in [1.807, 2.05) is 6.26 Å². The van der Waals surface area contributed by atoms with Gasteiger partial charge in [0.15, 0.2) is 29.5 Å². The Hall–Kier alpha value is -3.74. The minimum absolute atomic E-state index is 0.203. The van der Waals surface area contributed by atoms with Crippen molar-refractivity contribution < 1.29 is 27.4 Å². The van der Waals surface area contributed by atoms with Crippen LogP contribution in [0.4, 0.5) is 19.0 Å². The molecule has 0 amide bonds. The van der Waals surface area contributed by atoms with E-state index in [9.17, 15) is 13.2 Å². The van der Waals surface area contributed by atoms with E-state index in [1.54, 1.807) is 28.8 Å². The van der Waals surface area contributed by atoms with Crippen molar-refractivity contribution in [3.63, 3.8) is 0 Å². The van der Waals surface area contributed by atoms with Gasteiger partial charge in [-0.2, -0.15) is 13.2 Å². The molecule has 3 heterocycles. The summed E-state index contributed by atoms with van der Waals surface area (Å²) in [5.74, 6) is 1.45. The molecule has 0 atom stereocenters. The molecule has 3 aromatic heterocycles. The third-order valence-electron chi connectivity index (χ3n) is 4.54. The molecule has 0 bridgehead atoms. The highest BCUT2D eigenvalue weighted by Crippen LogP contribution is 2.38. The van der Waals surface area contributed by atoms with Crippen molar-refractivity contribution in [3.05, 3.63) is 42.6 Å². The Morgan fingerprint density at radius 1 is 1.00 bits per heavy atom. The standard InChI is InChI=1S/C21H19F3N6O3S/c1-31-13-7-5-8-14(32-2)17(13)30-19(28-18-20(30)27-15(10-25-18)29-34-3)12-6-4-9-16(26-12)33-11-21(22,23)24/h4-10H,11H2,1-3H3,(H,27,29). The number of hydrogen-bond donors (Lipinski definition) is 1. The molecule has 4 aromatic rings. The molecule has 0 radical (unpaired) electrons. The average molecular weight is 492 g/mol. The number of fused-ring (bicyclic) bond motifs is 1. The Morgan fingerprint density at radius 3 is 2.35 bits per heavy atom. The number of hydrogen-bond acceptors (Lipinski definition) is 9. The van der Waals surface area contributed by atoms with Gasteiger partial charge in [0, 0.05) is 12.3 Å². The van der Waals surface area contributed by atoms with Crippen LogP contribution >= 0.6 is 11.9 Å². The van der Waals surface area contributed by atoms with E-state index >= 15 is 0 Å². The first-order valence-electron chi connectivity index (χ1n) is 9.77. The van der Waals surface area contributed by atoms with Crippen LogP contribution in [0.25, 0.3) is 28.5 Å². The van der Waals surface area contributed by atoms with Crippen LogP contribution in [0.5, 0.6) is 17.4 Å². The Bertz CT molecular complexity index is 1290. The number of imidazole rings is 1. The monoisotopic (exact) mass is 492 g/mol. The zero-order valence-corrected chi connectivity index (χ0v) is 19.1. The summed E-state index contributed by atoms with van der Waals surface area (Å²) in [5, 5.41) is 0. The largest absolute Gasteiger partial charge is 0.494 e. The third kappa shape index (κ3) is 4.78. The second-order valence-corrected chi connectivity index (χ2v) is 7.37. The first-order chi connectivity index (χ1) is 16.3. The average Bonchev–Trinajstić information content (AvgIpc) is 3.20. The minimum atomic E-state index is -4.50. The summed E-state index contributed by atoms with van der Waals surface area (Å²) in [6.45, 7) is -1.47. The van der Waals surface area contributed by atoms with Gasteiger partial charge in [0.2, 0.25) is 5.88 Å². The van der Waals surface area contributed by atoms with Crippen molar-refractivity contribution in [2.24, 2.45) is 0 Å². The number of halogens is 3. The van der Waals surface area contributed by atoms with Gasteiger partial charge in [0.05, 0.1) is 20.4 Å². The number of rotatable bonds is 8. The van der Waals surface area contributed by atoms with Crippen LogP contribution in [0.15, 0.2) is 42.6 Å². The summed E-state index contributed by atoms with van der Waals surface area (Å²) in [4.78, 5) is 17.8. The summed E-state index contributed by atoms with van der Waals surface area (Å²) in [7, 11) is 3.01. The quantitative estimate of drug-likeness (QED) is 0.356. The molecule has 0 unspecified atom stereocenters. The van der Waals surface area contributed by atoms with E-state index in [4.69, 9.17) is 14.2 Å². The van der Waals surface area contributed by atoms with Crippen molar-refractivity contribution >= 4 is 29.1 Å². The third-order valence-corrected chi connectivity index (χ3v) is 4.95. The van der Waals surface area contributed by atoms with Crippen LogP contribution in [0.2, 0.25) is 0 Å². The van der Waals surface area contributed by atoms with Gasteiger partial charge >= 0.3 is 6.18 Å². The van der Waals surface area contributed by atoms with Crippen molar-refractivity contribution in [2.75, 3.05) is 31.8 Å². The van der Waals surface area contributed by atoms with E-state index in [2.05, 4.69) is 24.7 Å². The van der Waals surface area contributed by atoms with Gasteiger partial charge in [0.1, 0.15) is 22.9 Å². The number of pyridine rings is 1. The number of nitrogens with zero attached hydrogens (tertiary/aromatic N) is 5. The van der Waals surface area contributed by atoms with Gasteiger partial charge in [-0.1, -0.05) is 24.1 Å². The molecular weight excluding hydrogens is 473 g/mol. The van der Waals surface area contributed by atoms with E-state index in [-0.39, 0.29) is 23.0 Å². The number of ether oxygens (including phenoxy) is 3.